The standard InChI is InChI=1S/C40H32O6P2Se.C28H25O4PSe.C16H18O2Se/c1-25-21-27(3)39(45-47-41-33-17-9-5-13-29(33)30-14-6-10-18-34(30)42-47)37(23-25)49-38-24-26(2)22-28(4)40(38)46-48-43-35-19-11-7-15-31(35)32-16-8-12-20-36(32)44-48;1-17-13-19(3)27(29)25(15-17)34-26-16-18(2)14-20(4)28(26)32-33-30-23-11-7-5-9-21(23)22-10-6-8-12-24(22)31-33;1-9-5-11(3)15(17)13(7-9)19-14-8-10(2)6-12(4)16(14)18/h5-24H,1-4H3;5-16,29H,1-4H3;5-8,17-18H,1-4H3. The molecule has 0 aliphatic rings. The second-order valence-corrected chi connectivity index (χ2v) is 35.1. The summed E-state index contributed by atoms with van der Waals surface area (Å²) in [6.45, 7) is 24.3. The Labute approximate surface area is 614 Å². The van der Waals surface area contributed by atoms with Gasteiger partial charge in [0.05, 0.1) is 0 Å². The van der Waals surface area contributed by atoms with Gasteiger partial charge in [0.15, 0.2) is 0 Å². The molecular formula is C84H75O12P3Se3. The molecule has 0 unspecified atom stereocenters. The second kappa shape index (κ2) is 31.1. The minimum absolute atomic E-state index is 0.0955. The van der Waals surface area contributed by atoms with E-state index < -0.39 is 24.7 Å². The number of para-hydroxylation sites is 6. The number of rotatable bonds is 12. The van der Waals surface area contributed by atoms with E-state index in [1.54, 1.807) is 0 Å². The van der Waals surface area contributed by atoms with Crippen LogP contribution in [0.4, 0.5) is 0 Å². The summed E-state index contributed by atoms with van der Waals surface area (Å²) in [6.07, 6.45) is 0. The van der Waals surface area contributed by atoms with E-state index in [1.165, 1.54) is 0 Å². The Kier molecular flexibility index (Phi) is 21.7. The summed E-state index contributed by atoms with van der Waals surface area (Å²) in [7, 11) is -5.35. The molecule has 0 aliphatic carbocycles. The molecule has 3 heterocycles. The maximum absolute atomic E-state index is 10.7. The first-order valence-corrected chi connectivity index (χ1v) is 41.4. The number of hydrogen-bond acceptors (Lipinski definition) is 12. The summed E-state index contributed by atoms with van der Waals surface area (Å²) in [5, 5.41) is 36.9. The molecule has 0 saturated heterocycles. The molecule has 3 aromatic heterocycles. The summed E-state index contributed by atoms with van der Waals surface area (Å²) in [5.41, 5.74) is 16.9. The molecule has 0 radical (unpaired) electrons. The predicted octanol–water partition coefficient (Wildman–Crippen LogP) is 20.2. The molecule has 0 saturated carbocycles. The molecule has 12 aromatic carbocycles. The van der Waals surface area contributed by atoms with E-state index >= 15 is 0 Å². The van der Waals surface area contributed by atoms with Gasteiger partial charge in [-0.3, -0.25) is 0 Å². The Hall–Kier alpha value is -9.30. The number of aromatic hydroxyl groups is 3. The van der Waals surface area contributed by atoms with Crippen molar-refractivity contribution in [2.24, 2.45) is 0 Å². The van der Waals surface area contributed by atoms with E-state index in [-0.39, 0.29) is 44.9 Å². The van der Waals surface area contributed by atoms with Crippen LogP contribution in [0.15, 0.2) is 244 Å². The zero-order valence-corrected chi connectivity index (χ0v) is 66.2. The first-order valence-electron chi connectivity index (χ1n) is 33.0. The van der Waals surface area contributed by atoms with Crippen LogP contribution in [0.3, 0.4) is 0 Å². The van der Waals surface area contributed by atoms with Gasteiger partial charge in [0.25, 0.3) is 0 Å². The van der Waals surface area contributed by atoms with Gasteiger partial charge in [-0.25, -0.2) is 0 Å². The number of phenols is 3. The van der Waals surface area contributed by atoms with E-state index in [9.17, 15) is 15.3 Å². The van der Waals surface area contributed by atoms with Crippen LogP contribution in [0, 0.1) is 83.1 Å². The predicted molar refractivity (Wildman–Crippen MR) is 423 cm³/mol. The van der Waals surface area contributed by atoms with Crippen LogP contribution >= 0.6 is 24.7 Å². The van der Waals surface area contributed by atoms with Crippen molar-refractivity contribution >= 4 is 162 Å². The Morgan fingerprint density at radius 1 is 0.235 bits per heavy atom. The monoisotopic (exact) mass is 1610 g/mol. The summed E-state index contributed by atoms with van der Waals surface area (Å²) >= 11 is -0.488. The van der Waals surface area contributed by atoms with Gasteiger partial charge >= 0.3 is 619 Å². The molecule has 516 valence electrons. The normalized spacial score (nSPS) is 11.2. The molecule has 0 spiro atoms. The topological polar surface area (TPSA) is 167 Å². The molecule has 15 aromatic rings. The van der Waals surface area contributed by atoms with Crippen molar-refractivity contribution in [2.75, 3.05) is 0 Å². The van der Waals surface area contributed by atoms with Crippen LogP contribution < -0.4 is 40.3 Å². The average molecular weight is 1610 g/mol. The van der Waals surface area contributed by atoms with Crippen LogP contribution in [0.2, 0.25) is 0 Å². The van der Waals surface area contributed by atoms with E-state index in [0.29, 0.717) is 17.2 Å². The van der Waals surface area contributed by atoms with Gasteiger partial charge < -0.3 is 0 Å². The van der Waals surface area contributed by atoms with Gasteiger partial charge in [0.1, 0.15) is 0 Å². The number of aryl methyl sites for hydroxylation is 12. The van der Waals surface area contributed by atoms with Crippen molar-refractivity contribution in [3.05, 3.63) is 285 Å². The Balaban J connectivity index is 0.000000151. The molecule has 0 bridgehead atoms. The molecule has 0 aliphatic heterocycles. The summed E-state index contributed by atoms with van der Waals surface area (Å²) < 4.78 is 64.2. The van der Waals surface area contributed by atoms with Crippen LogP contribution in [0.1, 0.15) is 66.8 Å². The molecule has 3 N–H and O–H groups in total. The third kappa shape index (κ3) is 16.1. The number of phenolic OH excluding ortho intramolecular Hbond substituents is 3. The zero-order chi connectivity index (χ0) is 71.5. The Bertz CT molecular complexity index is 5430. The van der Waals surface area contributed by atoms with Crippen molar-refractivity contribution < 1.29 is 54.1 Å². The van der Waals surface area contributed by atoms with Gasteiger partial charge in [-0.15, -0.1) is 0 Å². The molecule has 0 amide bonds. The van der Waals surface area contributed by atoms with Crippen molar-refractivity contribution in [1.29, 1.82) is 0 Å². The van der Waals surface area contributed by atoms with Crippen molar-refractivity contribution in [3.8, 4) is 34.5 Å². The number of fused-ring (bicyclic) bond motifs is 9. The molecule has 0 atom stereocenters. The first kappa shape index (κ1) is 71.1. The second-order valence-electron chi connectivity index (χ2n) is 25.3. The molecular weight excluding hydrogens is 1530 g/mol. The zero-order valence-electron chi connectivity index (χ0n) is 58.4. The van der Waals surface area contributed by atoms with Gasteiger partial charge in [-0.2, -0.15) is 0 Å². The summed E-state index contributed by atoms with van der Waals surface area (Å²) in [5.74, 6) is 3.33. The number of benzene rings is 12. The summed E-state index contributed by atoms with van der Waals surface area (Å²) in [6, 6.07) is 72.6. The van der Waals surface area contributed by atoms with Gasteiger partial charge in [0.2, 0.25) is 0 Å². The van der Waals surface area contributed by atoms with Crippen LogP contribution in [0.25, 0.3) is 65.8 Å². The maximum atomic E-state index is 10.7. The average Bonchev–Trinajstić information content (AvgIpc) is 1.63. The quantitative estimate of drug-likeness (QED) is 0.0992. The Morgan fingerprint density at radius 3 is 0.637 bits per heavy atom. The van der Waals surface area contributed by atoms with Gasteiger partial charge in [0, 0.05) is 0 Å². The fraction of sp³-hybridized carbons (Fsp3) is 0.143. The molecule has 18 heteroatoms. The number of hydrogen-bond donors (Lipinski definition) is 3. The van der Waals surface area contributed by atoms with Gasteiger partial charge in [-0.05, 0) is 0 Å². The molecule has 12 nitrogen and oxygen atoms in total. The van der Waals surface area contributed by atoms with Crippen LogP contribution in [0.5, 0.6) is 34.5 Å². The van der Waals surface area contributed by atoms with E-state index in [1.807, 2.05) is 217 Å². The van der Waals surface area contributed by atoms with E-state index in [4.69, 9.17) is 38.8 Å². The first-order chi connectivity index (χ1) is 49.2. The van der Waals surface area contributed by atoms with E-state index in [0.717, 1.165) is 177 Å². The minimum atomic E-state index is -1.81. The van der Waals surface area contributed by atoms with Crippen molar-refractivity contribution in [2.45, 2.75) is 83.1 Å². The molecule has 0 fully saturated rings. The summed E-state index contributed by atoms with van der Waals surface area (Å²) in [4.78, 5) is 0. The Morgan fingerprint density at radius 2 is 0.412 bits per heavy atom. The van der Waals surface area contributed by atoms with Gasteiger partial charge in [-0.1, -0.05) is 0 Å². The molecule has 102 heavy (non-hydrogen) atoms. The SMILES string of the molecule is Cc1cc(C)c(O)c([Se]c2cc(C)cc(C)c2O)c1.Cc1cc(C)c(O)c([Se]c2cc(C)cc(C)c2Op2oc3ccccc3c3ccccc3o2)c1.Cc1cc(C)c(Op2oc3ccccc3c3ccccc3o2)c([Se]c2cc(C)cc(C)c2Op2oc3ccccc3c3ccccc3o2)c1. The fourth-order valence-corrected chi connectivity index (χ4v) is 24.1. The van der Waals surface area contributed by atoms with Crippen molar-refractivity contribution in [3.63, 3.8) is 0 Å². The molecule has 15 rings (SSSR count). The third-order valence-electron chi connectivity index (χ3n) is 16.8. The van der Waals surface area contributed by atoms with Crippen LogP contribution in [-0.2, 0) is 0 Å². The van der Waals surface area contributed by atoms with Crippen LogP contribution in [-0.4, -0.2) is 60.2 Å². The fourth-order valence-electron chi connectivity index (χ4n) is 12.2. The van der Waals surface area contributed by atoms with E-state index in [2.05, 4.69) is 84.0 Å². The third-order valence-corrected chi connectivity index (χ3v) is 26.5. The van der Waals surface area contributed by atoms with Crippen molar-refractivity contribution in [1.82, 2.24) is 0 Å².